The van der Waals surface area contributed by atoms with E-state index in [2.05, 4.69) is 37.0 Å². The molecule has 2 nitrogen and oxygen atoms in total. The molecule has 0 aromatic heterocycles. The Morgan fingerprint density at radius 3 is 1.40 bits per heavy atom. The molecule has 0 fully saturated rings. The minimum Gasteiger partial charge on any atom is -0.358 e. The molecule has 7 heteroatoms. The third-order valence-corrected chi connectivity index (χ3v) is 0.586. The largest absolute Gasteiger partial charge is 0.358 e. The first-order valence-corrected chi connectivity index (χ1v) is 14.3. The normalized spacial score (nSPS) is 9.40. The number of rotatable bonds is 0. The summed E-state index contributed by atoms with van der Waals surface area (Å²) >= 11 is 1.75. The summed E-state index contributed by atoms with van der Waals surface area (Å²) in [6.07, 6.45) is 10.0. The van der Waals surface area contributed by atoms with Crippen molar-refractivity contribution in [3.63, 3.8) is 0 Å². The van der Waals surface area contributed by atoms with Crippen LogP contribution in [0, 0.1) is 20.4 Å². The van der Waals surface area contributed by atoms with Crippen molar-refractivity contribution in [3.05, 3.63) is 44.4 Å². The van der Waals surface area contributed by atoms with Gasteiger partial charge in [-0.05, 0) is 19.6 Å². The predicted molar refractivity (Wildman–Crippen MR) is 129 cm³/mol. The Hall–Kier alpha value is 0.998. The van der Waals surface area contributed by atoms with Crippen LogP contribution in [-0.4, -0.2) is 33.0 Å². The standard InChI is InChI=1S/C5H5.C4H10N.C3H10OSi.C2H7Si.C2H5.CH3.CH2.2ClH.Ti/c1-2-4-5-3-1;1-4(2,3)5;1-5(2,3)4;1-3-2;1-2;;;;;/h1-3H,4H2;5H,1-3H3;4H,1-3H3;3H,1-2H3;1H2,2H3;1H3;1H2;2*1H;/q2*-1;;;2*-1;;;;. The SMILES string of the molecule is CC(C)(C)[NH-].C[SiH]C.C[Si](C)(C)O.Cl.Cl.[C-]1=CC=CC1.[CH2-]C.[CH2]=[Ti].[CH3-]. The summed E-state index contributed by atoms with van der Waals surface area (Å²) < 4.78 is 0. The summed E-state index contributed by atoms with van der Waals surface area (Å²) in [7, 11) is -0.861. The first kappa shape index (κ1) is 50.2. The molecule has 0 amide bonds. The molecule has 0 saturated heterocycles. The molecule has 0 spiro atoms. The van der Waals surface area contributed by atoms with Gasteiger partial charge in [-0.15, -0.1) is 36.8 Å². The molecule has 2 N–H and O–H groups in total. The molecular formula is C18H44Cl2NOSi2Ti-4. The molecule has 0 atom stereocenters. The molecule has 1 radical (unpaired) electrons. The van der Waals surface area contributed by atoms with E-state index < -0.39 is 8.32 Å². The van der Waals surface area contributed by atoms with Crippen LogP contribution in [0.2, 0.25) is 32.7 Å². The van der Waals surface area contributed by atoms with Crippen LogP contribution in [0.4, 0.5) is 0 Å². The molecule has 1 aliphatic rings. The maximum absolute atomic E-state index is 8.66. The van der Waals surface area contributed by atoms with Gasteiger partial charge in [-0.1, -0.05) is 33.9 Å². The van der Waals surface area contributed by atoms with Gasteiger partial charge in [0.2, 0.25) is 0 Å². The average Bonchev–Trinajstić information content (AvgIpc) is 2.89. The van der Waals surface area contributed by atoms with Crippen molar-refractivity contribution in [2.75, 3.05) is 0 Å². The van der Waals surface area contributed by atoms with E-state index in [1.807, 2.05) is 52.6 Å². The molecule has 25 heavy (non-hydrogen) atoms. The second-order valence-corrected chi connectivity index (χ2v) is 11.5. The number of allylic oxidation sites excluding steroid dienone is 4. The number of nitrogens with one attached hydrogen (secondary N) is 1. The zero-order chi connectivity index (χ0) is 19.2. The first-order valence-electron chi connectivity index (χ1n) is 7.41. The Kier molecular flexibility index (Phi) is 80.0. The Morgan fingerprint density at radius 1 is 1.16 bits per heavy atom. The van der Waals surface area contributed by atoms with Gasteiger partial charge in [-0.2, -0.15) is 13.0 Å². The monoisotopic (exact) mass is 464 g/mol. The Balaban J connectivity index is -0.0000000235. The van der Waals surface area contributed by atoms with Gasteiger partial charge in [0.05, 0.1) is 0 Å². The van der Waals surface area contributed by atoms with Crippen molar-refractivity contribution in [1.82, 2.24) is 0 Å². The van der Waals surface area contributed by atoms with Crippen LogP contribution in [0.15, 0.2) is 18.2 Å². The van der Waals surface area contributed by atoms with E-state index >= 15 is 0 Å². The van der Waals surface area contributed by atoms with Crippen LogP contribution in [-0.2, 0) is 20.0 Å². The fourth-order valence-electron chi connectivity index (χ4n) is 0.340. The number of halogens is 2. The van der Waals surface area contributed by atoms with Crippen molar-refractivity contribution >= 4 is 47.5 Å². The quantitative estimate of drug-likeness (QED) is 0.319. The van der Waals surface area contributed by atoms with E-state index in [4.69, 9.17) is 10.5 Å². The summed E-state index contributed by atoms with van der Waals surface area (Å²) in [6, 6.07) is 0. The molecule has 1 rings (SSSR count). The van der Waals surface area contributed by atoms with E-state index in [-0.39, 0.29) is 37.8 Å². The fraction of sp³-hybridized carbons (Fsp3) is 0.611. The van der Waals surface area contributed by atoms with Crippen molar-refractivity contribution < 1.29 is 24.8 Å². The number of hydrogen-bond donors (Lipinski definition) is 1. The molecule has 157 valence electrons. The van der Waals surface area contributed by atoms with Crippen molar-refractivity contribution in [2.45, 2.75) is 72.4 Å². The summed E-state index contributed by atoms with van der Waals surface area (Å²) in [5.74, 6) is 0. The van der Waals surface area contributed by atoms with Gasteiger partial charge in [-0.3, -0.25) is 6.08 Å². The third kappa shape index (κ3) is 368. The summed E-state index contributed by atoms with van der Waals surface area (Å²) in [6.45, 7) is 20.6. The third-order valence-electron chi connectivity index (χ3n) is 0.586. The summed E-state index contributed by atoms with van der Waals surface area (Å²) in [5.41, 5.74) is 6.69. The molecule has 1 aliphatic carbocycles. The second-order valence-electron chi connectivity index (χ2n) is 6.00. The molecule has 0 aromatic carbocycles. The van der Waals surface area contributed by atoms with Crippen LogP contribution < -0.4 is 0 Å². The van der Waals surface area contributed by atoms with Gasteiger partial charge in [0.25, 0.3) is 0 Å². The molecule has 0 unspecified atom stereocenters. The van der Waals surface area contributed by atoms with Gasteiger partial charge in [0, 0.05) is 9.52 Å². The smallest absolute Gasteiger partial charge is 0.358 e. The minimum atomic E-state index is -1.61. The molecule has 0 saturated carbocycles. The zero-order valence-electron chi connectivity index (χ0n) is 18.2. The second kappa shape index (κ2) is 39.9. The fourth-order valence-corrected chi connectivity index (χ4v) is 0.340. The van der Waals surface area contributed by atoms with Gasteiger partial charge in [0.15, 0.2) is 8.32 Å². The molecule has 0 aliphatic heterocycles. The van der Waals surface area contributed by atoms with Gasteiger partial charge in [-0.25, -0.2) is 12.2 Å². The number of hydrogen-bond acceptors (Lipinski definition) is 1. The van der Waals surface area contributed by atoms with Gasteiger partial charge < -0.3 is 24.9 Å². The van der Waals surface area contributed by atoms with Gasteiger partial charge >= 0.3 is 24.8 Å². The van der Waals surface area contributed by atoms with E-state index in [9.17, 15) is 0 Å². The van der Waals surface area contributed by atoms with Crippen LogP contribution in [0.5, 0.6) is 0 Å². The summed E-state index contributed by atoms with van der Waals surface area (Å²) in [5, 5.41) is 0. The van der Waals surface area contributed by atoms with Crippen molar-refractivity contribution in [3.8, 4) is 0 Å². The van der Waals surface area contributed by atoms with Crippen molar-refractivity contribution in [1.29, 1.82) is 0 Å². The minimum absolute atomic E-state index is 0. The van der Waals surface area contributed by atoms with Crippen LogP contribution in [0.1, 0.15) is 34.1 Å². The Bertz CT molecular complexity index is 208. The molecule has 0 aromatic rings. The maximum Gasteiger partial charge on any atom is -0.358 e. The van der Waals surface area contributed by atoms with E-state index in [1.54, 1.807) is 26.9 Å². The predicted octanol–water partition coefficient (Wildman–Crippen LogP) is 6.57. The molecular weight excluding hydrogens is 421 g/mol. The van der Waals surface area contributed by atoms with Crippen LogP contribution in [0.25, 0.3) is 5.73 Å². The van der Waals surface area contributed by atoms with E-state index in [1.165, 1.54) is 0 Å². The van der Waals surface area contributed by atoms with E-state index in [0.29, 0.717) is 0 Å². The topological polar surface area (TPSA) is 44.0 Å². The first-order chi connectivity index (χ1) is 9.91. The summed E-state index contributed by atoms with van der Waals surface area (Å²) in [4.78, 5) is 11.9. The van der Waals surface area contributed by atoms with Crippen molar-refractivity contribution in [2.24, 2.45) is 0 Å². The average molecular weight is 466 g/mol. The maximum atomic E-state index is 8.66. The van der Waals surface area contributed by atoms with Crippen LogP contribution >= 0.6 is 24.8 Å². The Morgan fingerprint density at radius 2 is 1.36 bits per heavy atom. The van der Waals surface area contributed by atoms with E-state index in [0.717, 1.165) is 15.9 Å². The van der Waals surface area contributed by atoms with Crippen LogP contribution in [0.3, 0.4) is 0 Å². The van der Waals surface area contributed by atoms with Gasteiger partial charge in [0.1, 0.15) is 0 Å². The molecule has 0 heterocycles. The molecule has 0 bridgehead atoms. The zero-order valence-corrected chi connectivity index (χ0v) is 23.5. The Labute approximate surface area is 188 Å².